The molecular weight excluding hydrogens is 286 g/mol. The number of phenols is 2. The van der Waals surface area contributed by atoms with Crippen molar-refractivity contribution in [2.24, 2.45) is 5.10 Å². The average Bonchev–Trinajstić information content (AvgIpc) is 2.48. The predicted octanol–water partition coefficient (Wildman–Crippen LogP) is 2.62. The smallest absolute Gasteiger partial charge is 0.187 e. The summed E-state index contributed by atoms with van der Waals surface area (Å²) in [6, 6.07) is 4.74. The van der Waals surface area contributed by atoms with Gasteiger partial charge in [0.25, 0.3) is 0 Å². The summed E-state index contributed by atoms with van der Waals surface area (Å²) in [6.07, 6.45) is 6.04. The molecule has 114 valence electrons. The molecule has 21 heavy (non-hydrogen) atoms. The maximum atomic E-state index is 9.76. The minimum Gasteiger partial charge on any atom is -0.508 e. The standard InChI is InChI=1S/C15H21N3O2S/c1-10(13-9-12(19)7-8-14(13)20)17-18-15(21)16-11-5-3-2-4-6-11/h7-9,11,19-20H,2-6H2,1H3,(H2,16,18,21)/b17-10+. The lowest BCUT2D eigenvalue weighted by atomic mass is 9.96. The van der Waals surface area contributed by atoms with E-state index < -0.39 is 0 Å². The first-order valence-electron chi connectivity index (χ1n) is 7.19. The van der Waals surface area contributed by atoms with Crippen LogP contribution in [0, 0.1) is 0 Å². The third kappa shape index (κ3) is 4.60. The van der Waals surface area contributed by atoms with Gasteiger partial charge in [-0.3, -0.25) is 5.43 Å². The molecule has 0 bridgehead atoms. The van der Waals surface area contributed by atoms with Crippen molar-refractivity contribution < 1.29 is 10.2 Å². The first-order valence-corrected chi connectivity index (χ1v) is 7.60. The van der Waals surface area contributed by atoms with Crippen LogP contribution in [0.3, 0.4) is 0 Å². The van der Waals surface area contributed by atoms with E-state index in [1.54, 1.807) is 6.92 Å². The van der Waals surface area contributed by atoms with E-state index in [0.29, 0.717) is 22.4 Å². The van der Waals surface area contributed by atoms with Crippen molar-refractivity contribution in [3.63, 3.8) is 0 Å². The Hall–Kier alpha value is -1.82. The number of rotatable bonds is 3. The lowest BCUT2D eigenvalue weighted by Gasteiger charge is -2.23. The fourth-order valence-corrected chi connectivity index (χ4v) is 2.69. The Kier molecular flexibility index (Phi) is 5.38. The molecule has 0 unspecified atom stereocenters. The van der Waals surface area contributed by atoms with E-state index in [2.05, 4.69) is 15.8 Å². The zero-order valence-corrected chi connectivity index (χ0v) is 12.9. The number of hydrazone groups is 1. The SMILES string of the molecule is C/C(=N\NC(=S)NC1CCCCC1)c1cc(O)ccc1O. The van der Waals surface area contributed by atoms with Gasteiger partial charge < -0.3 is 15.5 Å². The number of aromatic hydroxyl groups is 2. The van der Waals surface area contributed by atoms with E-state index in [1.165, 1.54) is 37.5 Å². The molecule has 0 spiro atoms. The van der Waals surface area contributed by atoms with Crippen molar-refractivity contribution >= 4 is 23.0 Å². The van der Waals surface area contributed by atoms with Gasteiger partial charge in [-0.15, -0.1) is 0 Å². The van der Waals surface area contributed by atoms with E-state index in [4.69, 9.17) is 12.2 Å². The zero-order valence-electron chi connectivity index (χ0n) is 12.1. The van der Waals surface area contributed by atoms with Crippen LogP contribution >= 0.6 is 12.2 Å². The zero-order chi connectivity index (χ0) is 15.2. The summed E-state index contributed by atoms with van der Waals surface area (Å²) < 4.78 is 0. The van der Waals surface area contributed by atoms with Crippen LogP contribution in [0.15, 0.2) is 23.3 Å². The van der Waals surface area contributed by atoms with Crippen LogP contribution in [0.4, 0.5) is 0 Å². The molecule has 1 saturated carbocycles. The van der Waals surface area contributed by atoms with E-state index in [1.807, 2.05) is 0 Å². The van der Waals surface area contributed by atoms with Gasteiger partial charge in [0.2, 0.25) is 0 Å². The van der Waals surface area contributed by atoms with Crippen molar-refractivity contribution in [2.75, 3.05) is 0 Å². The van der Waals surface area contributed by atoms with Gasteiger partial charge in [0, 0.05) is 11.6 Å². The summed E-state index contributed by atoms with van der Waals surface area (Å²) in [4.78, 5) is 0. The molecule has 0 aromatic heterocycles. The number of hydrogen-bond acceptors (Lipinski definition) is 4. The Bertz CT molecular complexity index is 540. The fraction of sp³-hybridized carbons (Fsp3) is 0.467. The Morgan fingerprint density at radius 3 is 2.67 bits per heavy atom. The number of nitrogens with zero attached hydrogens (tertiary/aromatic N) is 1. The maximum Gasteiger partial charge on any atom is 0.187 e. The van der Waals surface area contributed by atoms with Gasteiger partial charge >= 0.3 is 0 Å². The molecule has 1 aromatic rings. The van der Waals surface area contributed by atoms with Gasteiger partial charge in [0.1, 0.15) is 11.5 Å². The quantitative estimate of drug-likeness (QED) is 0.299. The highest BCUT2D eigenvalue weighted by Crippen LogP contribution is 2.22. The molecule has 0 heterocycles. The number of phenolic OH excluding ortho intramolecular Hbond substituents is 2. The van der Waals surface area contributed by atoms with Crippen LogP contribution in [-0.4, -0.2) is 27.1 Å². The lowest BCUT2D eigenvalue weighted by molar-refractivity contribution is 0.412. The first kappa shape index (κ1) is 15.6. The van der Waals surface area contributed by atoms with E-state index in [9.17, 15) is 10.2 Å². The molecule has 0 atom stereocenters. The minimum absolute atomic E-state index is 0.0713. The van der Waals surface area contributed by atoms with Gasteiger partial charge in [-0.05, 0) is 50.2 Å². The molecule has 0 aliphatic heterocycles. The van der Waals surface area contributed by atoms with Crippen LogP contribution < -0.4 is 10.7 Å². The van der Waals surface area contributed by atoms with Gasteiger partial charge in [-0.1, -0.05) is 19.3 Å². The molecule has 1 aliphatic rings. The van der Waals surface area contributed by atoms with E-state index in [0.717, 1.165) is 12.8 Å². The average molecular weight is 307 g/mol. The molecule has 5 nitrogen and oxygen atoms in total. The Morgan fingerprint density at radius 1 is 1.24 bits per heavy atom. The van der Waals surface area contributed by atoms with Crippen molar-refractivity contribution in [3.05, 3.63) is 23.8 Å². The van der Waals surface area contributed by atoms with Gasteiger partial charge in [-0.25, -0.2) is 0 Å². The molecular formula is C15H21N3O2S. The maximum absolute atomic E-state index is 9.76. The summed E-state index contributed by atoms with van der Waals surface area (Å²) in [5, 5.41) is 27.1. The third-order valence-electron chi connectivity index (χ3n) is 3.64. The summed E-state index contributed by atoms with van der Waals surface area (Å²) in [6.45, 7) is 1.74. The number of thiocarbonyl (C=S) groups is 1. The number of hydrogen-bond donors (Lipinski definition) is 4. The Labute approximate surface area is 130 Å². The monoisotopic (exact) mass is 307 g/mol. The van der Waals surface area contributed by atoms with Crippen LogP contribution in [0.2, 0.25) is 0 Å². The van der Waals surface area contributed by atoms with Crippen molar-refractivity contribution in [1.29, 1.82) is 0 Å². The summed E-state index contributed by atoms with van der Waals surface area (Å²) >= 11 is 5.22. The first-order chi connectivity index (χ1) is 10.1. The Balaban J connectivity index is 1.93. The highest BCUT2D eigenvalue weighted by molar-refractivity contribution is 7.80. The summed E-state index contributed by atoms with van der Waals surface area (Å²) in [5.41, 5.74) is 3.82. The van der Waals surface area contributed by atoms with Crippen molar-refractivity contribution in [3.8, 4) is 11.5 Å². The molecule has 0 radical (unpaired) electrons. The van der Waals surface area contributed by atoms with Crippen LogP contribution in [0.5, 0.6) is 11.5 Å². The lowest BCUT2D eigenvalue weighted by Crippen LogP contribution is -2.41. The van der Waals surface area contributed by atoms with Crippen LogP contribution in [0.25, 0.3) is 0 Å². The van der Waals surface area contributed by atoms with E-state index >= 15 is 0 Å². The molecule has 2 rings (SSSR count). The van der Waals surface area contributed by atoms with Gasteiger partial charge in [0.15, 0.2) is 5.11 Å². The largest absolute Gasteiger partial charge is 0.508 e. The highest BCUT2D eigenvalue weighted by atomic mass is 32.1. The number of benzene rings is 1. The van der Waals surface area contributed by atoms with Crippen LogP contribution in [-0.2, 0) is 0 Å². The molecule has 4 N–H and O–H groups in total. The van der Waals surface area contributed by atoms with Gasteiger partial charge in [0.05, 0.1) is 5.71 Å². The molecule has 1 fully saturated rings. The van der Waals surface area contributed by atoms with Crippen molar-refractivity contribution in [1.82, 2.24) is 10.7 Å². The van der Waals surface area contributed by atoms with Gasteiger partial charge in [-0.2, -0.15) is 5.10 Å². The number of nitrogens with one attached hydrogen (secondary N) is 2. The molecule has 6 heteroatoms. The molecule has 0 amide bonds. The second kappa shape index (κ2) is 7.26. The summed E-state index contributed by atoms with van der Waals surface area (Å²) in [7, 11) is 0. The fourth-order valence-electron chi connectivity index (χ4n) is 2.47. The molecule has 1 aliphatic carbocycles. The summed E-state index contributed by atoms with van der Waals surface area (Å²) in [5.74, 6) is 0.155. The predicted molar refractivity (Wildman–Crippen MR) is 87.7 cm³/mol. The topological polar surface area (TPSA) is 76.9 Å². The molecule has 0 saturated heterocycles. The van der Waals surface area contributed by atoms with Crippen molar-refractivity contribution in [2.45, 2.75) is 45.1 Å². The highest BCUT2D eigenvalue weighted by Gasteiger charge is 2.13. The van der Waals surface area contributed by atoms with E-state index in [-0.39, 0.29) is 11.5 Å². The normalized spacial score (nSPS) is 16.5. The third-order valence-corrected chi connectivity index (χ3v) is 3.84. The van der Waals surface area contributed by atoms with Crippen LogP contribution in [0.1, 0.15) is 44.6 Å². The second-order valence-corrected chi connectivity index (χ2v) is 5.73. The molecule has 1 aromatic carbocycles. The Morgan fingerprint density at radius 2 is 1.95 bits per heavy atom. The minimum atomic E-state index is 0.0713. The second-order valence-electron chi connectivity index (χ2n) is 5.32.